The molecule has 4 rings (SSSR count). The Kier molecular flexibility index (Phi) is 3.40. The Morgan fingerprint density at radius 3 is 2.18 bits per heavy atom. The number of benzene rings is 3. The van der Waals surface area contributed by atoms with Gasteiger partial charge in [-0.2, -0.15) is 0 Å². The molecule has 1 atom stereocenters. The van der Waals surface area contributed by atoms with Gasteiger partial charge >= 0.3 is 0 Å². The second kappa shape index (κ2) is 5.69. The molecular formula is C21H19N. The van der Waals surface area contributed by atoms with Gasteiger partial charge in [-0.15, -0.1) is 0 Å². The predicted molar refractivity (Wildman–Crippen MR) is 93.3 cm³/mol. The van der Waals surface area contributed by atoms with E-state index in [1.54, 1.807) is 0 Å². The Hall–Kier alpha value is -2.54. The van der Waals surface area contributed by atoms with Crippen LogP contribution in [0.25, 0.3) is 11.1 Å². The van der Waals surface area contributed by atoms with Gasteiger partial charge in [0, 0.05) is 18.2 Å². The van der Waals surface area contributed by atoms with Crippen molar-refractivity contribution in [2.75, 3.05) is 11.9 Å². The summed E-state index contributed by atoms with van der Waals surface area (Å²) in [6, 6.07) is 28.2. The molecule has 1 heteroatoms. The smallest absolute Gasteiger partial charge is 0.0373 e. The minimum atomic E-state index is 0.555. The Balaban J connectivity index is 1.57. The number of rotatable bonds is 2. The molecule has 1 aliphatic heterocycles. The number of para-hydroxylation sites is 1. The first kappa shape index (κ1) is 13.1. The third-order valence-corrected chi connectivity index (χ3v) is 4.51. The first-order valence-corrected chi connectivity index (χ1v) is 7.87. The first-order chi connectivity index (χ1) is 10.9. The van der Waals surface area contributed by atoms with E-state index in [2.05, 4.69) is 84.2 Å². The van der Waals surface area contributed by atoms with Crippen molar-refractivity contribution in [1.29, 1.82) is 0 Å². The SMILES string of the molecule is c1ccc(-c2ccc([C@@H]3CNc4ccccc4C3)cc2)cc1. The minimum Gasteiger partial charge on any atom is -0.384 e. The van der Waals surface area contributed by atoms with E-state index in [9.17, 15) is 0 Å². The van der Waals surface area contributed by atoms with Gasteiger partial charge < -0.3 is 5.32 Å². The van der Waals surface area contributed by atoms with Crippen LogP contribution in [0.15, 0.2) is 78.9 Å². The van der Waals surface area contributed by atoms with Gasteiger partial charge in [-0.3, -0.25) is 0 Å². The molecule has 1 nitrogen and oxygen atoms in total. The van der Waals surface area contributed by atoms with Crippen LogP contribution in [0.2, 0.25) is 0 Å². The summed E-state index contributed by atoms with van der Waals surface area (Å²) < 4.78 is 0. The van der Waals surface area contributed by atoms with Crippen molar-refractivity contribution >= 4 is 5.69 Å². The molecule has 0 spiro atoms. The molecule has 3 aromatic rings. The zero-order chi connectivity index (χ0) is 14.8. The molecule has 108 valence electrons. The van der Waals surface area contributed by atoms with Gasteiger partial charge in [-0.05, 0) is 34.7 Å². The largest absolute Gasteiger partial charge is 0.384 e. The third kappa shape index (κ3) is 2.50. The number of nitrogens with one attached hydrogen (secondary N) is 1. The van der Waals surface area contributed by atoms with E-state index in [1.165, 1.54) is 27.9 Å². The Morgan fingerprint density at radius 1 is 0.682 bits per heavy atom. The number of hydrogen-bond donors (Lipinski definition) is 1. The maximum absolute atomic E-state index is 3.56. The lowest BCUT2D eigenvalue weighted by Crippen LogP contribution is -2.21. The highest BCUT2D eigenvalue weighted by Crippen LogP contribution is 2.31. The lowest BCUT2D eigenvalue weighted by molar-refractivity contribution is 0.695. The van der Waals surface area contributed by atoms with Gasteiger partial charge in [-0.25, -0.2) is 0 Å². The fourth-order valence-corrected chi connectivity index (χ4v) is 3.26. The molecule has 0 saturated heterocycles. The summed E-state index contributed by atoms with van der Waals surface area (Å²) in [5.41, 5.74) is 6.70. The highest BCUT2D eigenvalue weighted by molar-refractivity contribution is 5.64. The second-order valence-electron chi connectivity index (χ2n) is 5.93. The molecule has 0 unspecified atom stereocenters. The fourth-order valence-electron chi connectivity index (χ4n) is 3.26. The maximum Gasteiger partial charge on any atom is 0.0373 e. The van der Waals surface area contributed by atoms with E-state index >= 15 is 0 Å². The lowest BCUT2D eigenvalue weighted by Gasteiger charge is -2.26. The van der Waals surface area contributed by atoms with Crippen molar-refractivity contribution in [3.05, 3.63) is 90.0 Å². The Bertz CT molecular complexity index is 759. The molecule has 1 N–H and O–H groups in total. The molecule has 0 bridgehead atoms. The van der Waals surface area contributed by atoms with E-state index in [-0.39, 0.29) is 0 Å². The van der Waals surface area contributed by atoms with E-state index in [1.807, 2.05) is 0 Å². The maximum atomic E-state index is 3.56. The highest BCUT2D eigenvalue weighted by Gasteiger charge is 2.19. The van der Waals surface area contributed by atoms with E-state index in [4.69, 9.17) is 0 Å². The van der Waals surface area contributed by atoms with Gasteiger partial charge in [0.25, 0.3) is 0 Å². The van der Waals surface area contributed by atoms with Crippen molar-refractivity contribution in [2.24, 2.45) is 0 Å². The molecule has 0 aromatic heterocycles. The van der Waals surface area contributed by atoms with Crippen LogP contribution in [0.5, 0.6) is 0 Å². The average Bonchev–Trinajstić information content (AvgIpc) is 2.62. The Morgan fingerprint density at radius 2 is 1.36 bits per heavy atom. The molecule has 3 aromatic carbocycles. The Labute approximate surface area is 131 Å². The summed E-state index contributed by atoms with van der Waals surface area (Å²) in [5, 5.41) is 3.56. The molecule has 0 fully saturated rings. The van der Waals surface area contributed by atoms with Crippen molar-refractivity contribution in [1.82, 2.24) is 0 Å². The standard InChI is InChI=1S/C21H19N/c1-2-6-16(7-3-1)17-10-12-18(13-11-17)20-14-19-8-4-5-9-21(19)22-15-20/h1-13,20,22H,14-15H2/t20-/m0/s1. The molecule has 0 amide bonds. The van der Waals surface area contributed by atoms with Crippen LogP contribution in [-0.2, 0) is 6.42 Å². The zero-order valence-electron chi connectivity index (χ0n) is 12.5. The highest BCUT2D eigenvalue weighted by atomic mass is 14.9. The van der Waals surface area contributed by atoms with E-state index in [0.717, 1.165) is 13.0 Å². The minimum absolute atomic E-state index is 0.555. The van der Waals surface area contributed by atoms with Crippen LogP contribution in [0.3, 0.4) is 0 Å². The number of anilines is 1. The van der Waals surface area contributed by atoms with E-state index < -0.39 is 0 Å². The van der Waals surface area contributed by atoms with Gasteiger partial charge in [0.2, 0.25) is 0 Å². The molecular weight excluding hydrogens is 266 g/mol. The number of fused-ring (bicyclic) bond motifs is 1. The zero-order valence-corrected chi connectivity index (χ0v) is 12.5. The third-order valence-electron chi connectivity index (χ3n) is 4.51. The lowest BCUT2D eigenvalue weighted by atomic mass is 9.87. The number of hydrogen-bond acceptors (Lipinski definition) is 1. The topological polar surface area (TPSA) is 12.0 Å². The van der Waals surface area contributed by atoms with Crippen LogP contribution in [-0.4, -0.2) is 6.54 Å². The van der Waals surface area contributed by atoms with E-state index in [0.29, 0.717) is 5.92 Å². The summed E-state index contributed by atoms with van der Waals surface area (Å²) in [7, 11) is 0. The molecule has 1 aliphatic rings. The normalized spacial score (nSPS) is 16.6. The van der Waals surface area contributed by atoms with Gasteiger partial charge in [0.1, 0.15) is 0 Å². The van der Waals surface area contributed by atoms with Crippen LogP contribution in [0.4, 0.5) is 5.69 Å². The molecule has 1 heterocycles. The quantitative estimate of drug-likeness (QED) is 0.690. The van der Waals surface area contributed by atoms with Crippen molar-refractivity contribution in [2.45, 2.75) is 12.3 Å². The monoisotopic (exact) mass is 285 g/mol. The summed E-state index contributed by atoms with van der Waals surface area (Å²) in [6.45, 7) is 1.02. The van der Waals surface area contributed by atoms with Gasteiger partial charge in [0.05, 0.1) is 0 Å². The molecule has 0 aliphatic carbocycles. The van der Waals surface area contributed by atoms with Crippen LogP contribution in [0, 0.1) is 0 Å². The van der Waals surface area contributed by atoms with Crippen molar-refractivity contribution in [3.8, 4) is 11.1 Å². The summed E-state index contributed by atoms with van der Waals surface area (Å²) in [5.74, 6) is 0.555. The molecule has 22 heavy (non-hydrogen) atoms. The predicted octanol–water partition coefficient (Wildman–Crippen LogP) is 5.11. The molecule has 0 radical (unpaired) electrons. The van der Waals surface area contributed by atoms with Crippen molar-refractivity contribution < 1.29 is 0 Å². The summed E-state index contributed by atoms with van der Waals surface area (Å²) >= 11 is 0. The van der Waals surface area contributed by atoms with Gasteiger partial charge in [-0.1, -0.05) is 72.8 Å². The summed E-state index contributed by atoms with van der Waals surface area (Å²) in [6.07, 6.45) is 1.12. The first-order valence-electron chi connectivity index (χ1n) is 7.87. The van der Waals surface area contributed by atoms with Gasteiger partial charge in [0.15, 0.2) is 0 Å². The average molecular weight is 285 g/mol. The molecule has 0 saturated carbocycles. The van der Waals surface area contributed by atoms with Crippen molar-refractivity contribution in [3.63, 3.8) is 0 Å². The summed E-state index contributed by atoms with van der Waals surface area (Å²) in [4.78, 5) is 0. The van der Waals surface area contributed by atoms with Crippen LogP contribution < -0.4 is 5.32 Å². The van der Waals surface area contributed by atoms with Crippen LogP contribution >= 0.6 is 0 Å². The second-order valence-corrected chi connectivity index (χ2v) is 5.93. The fraction of sp³-hybridized carbons (Fsp3) is 0.143. The van der Waals surface area contributed by atoms with Crippen LogP contribution in [0.1, 0.15) is 17.0 Å².